The number of nitrogens with zero attached hydrogens (tertiary/aromatic N) is 2. The van der Waals surface area contributed by atoms with Crippen LogP contribution in [0, 0.1) is 0 Å². The molecule has 0 radical (unpaired) electrons. The van der Waals surface area contributed by atoms with E-state index in [0.29, 0.717) is 0 Å². The number of nitrogen functional groups attached to an aromatic ring is 1. The molecule has 3 nitrogen and oxygen atoms in total. The normalized spacial score (nSPS) is 11.5. The standard InChI is InChI=1S/C10H15N3/c1-8(12-13(2)3)9-4-6-10(11)7-5-9/h4-7H,11H2,1-3H3/b12-8+. The lowest BCUT2D eigenvalue weighted by Gasteiger charge is -2.07. The van der Waals surface area contributed by atoms with Gasteiger partial charge in [0.05, 0.1) is 5.71 Å². The minimum absolute atomic E-state index is 0.779. The molecule has 0 fully saturated rings. The minimum atomic E-state index is 0.779. The third-order valence-electron chi connectivity index (χ3n) is 1.68. The van der Waals surface area contributed by atoms with Crippen molar-refractivity contribution in [1.82, 2.24) is 5.01 Å². The van der Waals surface area contributed by atoms with Crippen molar-refractivity contribution in [2.45, 2.75) is 6.92 Å². The summed E-state index contributed by atoms with van der Waals surface area (Å²) < 4.78 is 0. The summed E-state index contributed by atoms with van der Waals surface area (Å²) in [5, 5.41) is 6.07. The van der Waals surface area contributed by atoms with Gasteiger partial charge in [-0.3, -0.25) is 0 Å². The van der Waals surface area contributed by atoms with Crippen molar-refractivity contribution in [3.05, 3.63) is 29.8 Å². The van der Waals surface area contributed by atoms with E-state index in [0.717, 1.165) is 17.0 Å². The molecule has 3 heteroatoms. The van der Waals surface area contributed by atoms with Crippen LogP contribution in [0.4, 0.5) is 5.69 Å². The van der Waals surface area contributed by atoms with Crippen LogP contribution in [0.15, 0.2) is 29.4 Å². The van der Waals surface area contributed by atoms with Crippen molar-refractivity contribution in [2.24, 2.45) is 5.10 Å². The largest absolute Gasteiger partial charge is 0.399 e. The van der Waals surface area contributed by atoms with E-state index < -0.39 is 0 Å². The molecule has 2 N–H and O–H groups in total. The first-order chi connectivity index (χ1) is 6.09. The van der Waals surface area contributed by atoms with E-state index in [1.54, 1.807) is 5.01 Å². The number of nitrogens with two attached hydrogens (primary N) is 1. The van der Waals surface area contributed by atoms with Gasteiger partial charge in [-0.15, -0.1) is 0 Å². The fraction of sp³-hybridized carbons (Fsp3) is 0.300. The molecule has 0 saturated heterocycles. The zero-order chi connectivity index (χ0) is 9.84. The summed E-state index contributed by atoms with van der Waals surface area (Å²) in [7, 11) is 3.81. The van der Waals surface area contributed by atoms with Crippen LogP contribution in [0.25, 0.3) is 0 Å². The topological polar surface area (TPSA) is 41.6 Å². The fourth-order valence-corrected chi connectivity index (χ4v) is 1.08. The summed E-state index contributed by atoms with van der Waals surface area (Å²) in [6.07, 6.45) is 0. The quantitative estimate of drug-likeness (QED) is 0.423. The highest BCUT2D eigenvalue weighted by atomic mass is 15.4. The first kappa shape index (κ1) is 9.58. The van der Waals surface area contributed by atoms with E-state index in [4.69, 9.17) is 5.73 Å². The Kier molecular flexibility index (Phi) is 2.90. The number of hydrazone groups is 1. The van der Waals surface area contributed by atoms with Gasteiger partial charge < -0.3 is 10.7 Å². The molecule has 0 atom stereocenters. The zero-order valence-corrected chi connectivity index (χ0v) is 8.28. The van der Waals surface area contributed by atoms with E-state index in [9.17, 15) is 0 Å². The highest BCUT2D eigenvalue weighted by molar-refractivity contribution is 5.98. The maximum atomic E-state index is 5.58. The van der Waals surface area contributed by atoms with Gasteiger partial charge in [0.1, 0.15) is 0 Å². The molecule has 0 aromatic heterocycles. The van der Waals surface area contributed by atoms with Gasteiger partial charge in [0.2, 0.25) is 0 Å². The van der Waals surface area contributed by atoms with E-state index in [2.05, 4.69) is 5.10 Å². The molecule has 1 rings (SSSR count). The highest BCUT2D eigenvalue weighted by Gasteiger charge is 1.96. The van der Waals surface area contributed by atoms with Gasteiger partial charge in [0.25, 0.3) is 0 Å². The van der Waals surface area contributed by atoms with Crippen LogP contribution in [-0.4, -0.2) is 24.8 Å². The van der Waals surface area contributed by atoms with Gasteiger partial charge in [-0.05, 0) is 24.6 Å². The van der Waals surface area contributed by atoms with Crippen molar-refractivity contribution >= 4 is 11.4 Å². The Bertz CT molecular complexity index is 298. The average Bonchev–Trinajstić information content (AvgIpc) is 2.04. The van der Waals surface area contributed by atoms with Crippen LogP contribution in [0.2, 0.25) is 0 Å². The Morgan fingerprint density at radius 2 is 1.77 bits per heavy atom. The molecule has 1 aromatic carbocycles. The Balaban J connectivity index is 2.89. The molecule has 0 aliphatic rings. The highest BCUT2D eigenvalue weighted by Crippen LogP contribution is 2.06. The second-order valence-electron chi connectivity index (χ2n) is 3.15. The molecule has 70 valence electrons. The number of hydrogen-bond donors (Lipinski definition) is 1. The molecular weight excluding hydrogens is 162 g/mol. The maximum absolute atomic E-state index is 5.58. The summed E-state index contributed by atoms with van der Waals surface area (Å²) in [5.74, 6) is 0. The van der Waals surface area contributed by atoms with Crippen LogP contribution < -0.4 is 5.73 Å². The van der Waals surface area contributed by atoms with E-state index in [1.807, 2.05) is 45.3 Å². The maximum Gasteiger partial charge on any atom is 0.0646 e. The molecule has 0 aliphatic carbocycles. The van der Waals surface area contributed by atoms with Crippen molar-refractivity contribution in [2.75, 3.05) is 19.8 Å². The van der Waals surface area contributed by atoms with Crippen LogP contribution in [0.3, 0.4) is 0 Å². The van der Waals surface area contributed by atoms with Crippen LogP contribution >= 0.6 is 0 Å². The van der Waals surface area contributed by atoms with Crippen molar-refractivity contribution in [1.29, 1.82) is 0 Å². The lowest BCUT2D eigenvalue weighted by atomic mass is 10.1. The van der Waals surface area contributed by atoms with Crippen molar-refractivity contribution in [3.8, 4) is 0 Å². The number of anilines is 1. The Hall–Kier alpha value is -1.51. The van der Waals surface area contributed by atoms with E-state index in [1.165, 1.54) is 0 Å². The first-order valence-electron chi connectivity index (χ1n) is 4.18. The van der Waals surface area contributed by atoms with Gasteiger partial charge in [-0.25, -0.2) is 0 Å². The molecule has 0 spiro atoms. The molecule has 0 amide bonds. The Labute approximate surface area is 78.9 Å². The Morgan fingerprint density at radius 1 is 1.23 bits per heavy atom. The molecule has 0 heterocycles. The lowest BCUT2D eigenvalue weighted by Crippen LogP contribution is -2.07. The van der Waals surface area contributed by atoms with E-state index >= 15 is 0 Å². The molecule has 0 saturated carbocycles. The summed E-state index contributed by atoms with van der Waals surface area (Å²) in [5.41, 5.74) is 8.45. The number of rotatable bonds is 2. The lowest BCUT2D eigenvalue weighted by molar-refractivity contribution is 0.438. The zero-order valence-electron chi connectivity index (χ0n) is 8.28. The molecular formula is C10H15N3. The summed E-state index contributed by atoms with van der Waals surface area (Å²) >= 11 is 0. The average molecular weight is 177 g/mol. The third-order valence-corrected chi connectivity index (χ3v) is 1.68. The van der Waals surface area contributed by atoms with Crippen LogP contribution in [0.5, 0.6) is 0 Å². The molecule has 0 bridgehead atoms. The summed E-state index contributed by atoms with van der Waals surface area (Å²) in [6.45, 7) is 1.98. The second kappa shape index (κ2) is 3.94. The van der Waals surface area contributed by atoms with Gasteiger partial charge >= 0.3 is 0 Å². The van der Waals surface area contributed by atoms with Crippen LogP contribution in [-0.2, 0) is 0 Å². The monoisotopic (exact) mass is 177 g/mol. The predicted molar refractivity (Wildman–Crippen MR) is 56.8 cm³/mol. The summed E-state index contributed by atoms with van der Waals surface area (Å²) in [6, 6.07) is 7.70. The second-order valence-corrected chi connectivity index (χ2v) is 3.15. The van der Waals surface area contributed by atoms with Crippen LogP contribution in [0.1, 0.15) is 12.5 Å². The minimum Gasteiger partial charge on any atom is -0.399 e. The predicted octanol–water partition coefficient (Wildman–Crippen LogP) is 1.55. The van der Waals surface area contributed by atoms with Gasteiger partial charge in [-0.2, -0.15) is 5.10 Å². The summed E-state index contributed by atoms with van der Waals surface area (Å²) in [4.78, 5) is 0. The Morgan fingerprint density at radius 3 is 2.23 bits per heavy atom. The number of hydrogen-bond acceptors (Lipinski definition) is 3. The van der Waals surface area contributed by atoms with Crippen molar-refractivity contribution < 1.29 is 0 Å². The van der Waals surface area contributed by atoms with Gasteiger partial charge in [0.15, 0.2) is 0 Å². The smallest absolute Gasteiger partial charge is 0.0646 e. The molecule has 1 aromatic rings. The fourth-order valence-electron chi connectivity index (χ4n) is 1.08. The van der Waals surface area contributed by atoms with Crippen molar-refractivity contribution in [3.63, 3.8) is 0 Å². The molecule has 13 heavy (non-hydrogen) atoms. The first-order valence-corrected chi connectivity index (χ1v) is 4.18. The van der Waals surface area contributed by atoms with Gasteiger partial charge in [-0.1, -0.05) is 12.1 Å². The molecule has 0 unspecified atom stereocenters. The third kappa shape index (κ3) is 2.78. The van der Waals surface area contributed by atoms with E-state index in [-0.39, 0.29) is 0 Å². The number of benzene rings is 1. The van der Waals surface area contributed by atoms with Gasteiger partial charge in [0, 0.05) is 19.8 Å². The molecule has 0 aliphatic heterocycles. The SMILES string of the molecule is C/C(=N\N(C)C)c1ccc(N)cc1.